The molecule has 0 aliphatic carbocycles. The van der Waals surface area contributed by atoms with Gasteiger partial charge in [0.1, 0.15) is 0 Å². The monoisotopic (exact) mass is 287 g/mol. The molecular weight excluding hydrogens is 275 g/mol. The second kappa shape index (κ2) is 6.01. The lowest BCUT2D eigenvalue weighted by Crippen LogP contribution is -2.03. The summed E-state index contributed by atoms with van der Waals surface area (Å²) in [6.07, 6.45) is -2.72. The van der Waals surface area contributed by atoms with Gasteiger partial charge in [-0.25, -0.2) is 0 Å². The van der Waals surface area contributed by atoms with Crippen molar-refractivity contribution < 1.29 is 13.2 Å². The number of alkyl halides is 3. The molecule has 0 fully saturated rings. The summed E-state index contributed by atoms with van der Waals surface area (Å²) in [5, 5.41) is 8.71. The molecular formula is C12H12F3N3S. The Morgan fingerprint density at radius 2 is 1.84 bits per heavy atom. The molecule has 1 aromatic carbocycles. The first-order valence-corrected chi connectivity index (χ1v) is 6.56. The van der Waals surface area contributed by atoms with Gasteiger partial charge in [0.15, 0.2) is 0 Å². The average Bonchev–Trinajstić information content (AvgIpc) is 2.85. The van der Waals surface area contributed by atoms with Gasteiger partial charge in [0, 0.05) is 6.54 Å². The Morgan fingerprint density at radius 1 is 1.11 bits per heavy atom. The highest BCUT2D eigenvalue weighted by atomic mass is 32.1. The van der Waals surface area contributed by atoms with E-state index in [0.717, 1.165) is 12.8 Å². The fraction of sp³-hybridized carbons (Fsp3) is 0.333. The normalized spacial score (nSPS) is 11.5. The first-order valence-electron chi connectivity index (χ1n) is 5.74. The number of anilines is 1. The van der Waals surface area contributed by atoms with E-state index in [9.17, 15) is 13.2 Å². The van der Waals surface area contributed by atoms with Gasteiger partial charge in [0.25, 0.3) is 0 Å². The van der Waals surface area contributed by atoms with Crippen LogP contribution in [0.15, 0.2) is 30.3 Å². The summed E-state index contributed by atoms with van der Waals surface area (Å²) in [4.78, 5) is 0. The molecule has 0 amide bonds. The van der Waals surface area contributed by atoms with E-state index in [4.69, 9.17) is 0 Å². The second-order valence-corrected chi connectivity index (χ2v) is 4.90. The van der Waals surface area contributed by atoms with Crippen LogP contribution in [0.5, 0.6) is 0 Å². The van der Waals surface area contributed by atoms with Gasteiger partial charge in [-0.2, -0.15) is 13.2 Å². The smallest absolute Gasteiger partial charge is 0.360 e. The average molecular weight is 287 g/mol. The molecule has 0 bridgehead atoms. The van der Waals surface area contributed by atoms with Crippen molar-refractivity contribution in [1.29, 1.82) is 0 Å². The van der Waals surface area contributed by atoms with E-state index in [-0.39, 0.29) is 5.13 Å². The number of benzene rings is 1. The standard InChI is InChI=1S/C12H12F3N3S/c13-12(14,15)10-17-18-11(19-10)16-8-4-7-9-5-2-1-3-6-9/h1-3,5-6H,4,7-8H2,(H,16,18). The number of hydrogen-bond acceptors (Lipinski definition) is 4. The van der Waals surface area contributed by atoms with E-state index in [2.05, 4.69) is 15.5 Å². The van der Waals surface area contributed by atoms with E-state index in [1.165, 1.54) is 5.56 Å². The van der Waals surface area contributed by atoms with E-state index >= 15 is 0 Å². The van der Waals surface area contributed by atoms with Crippen LogP contribution in [-0.4, -0.2) is 16.7 Å². The molecule has 19 heavy (non-hydrogen) atoms. The summed E-state index contributed by atoms with van der Waals surface area (Å²) in [6, 6.07) is 9.91. The Hall–Kier alpha value is -1.63. The van der Waals surface area contributed by atoms with Crippen LogP contribution in [-0.2, 0) is 12.6 Å². The van der Waals surface area contributed by atoms with E-state index in [1.807, 2.05) is 30.3 Å². The number of rotatable bonds is 5. The van der Waals surface area contributed by atoms with Gasteiger partial charge >= 0.3 is 6.18 Å². The van der Waals surface area contributed by atoms with Crippen LogP contribution in [0.4, 0.5) is 18.3 Å². The first kappa shape index (κ1) is 13.8. The van der Waals surface area contributed by atoms with Crippen LogP contribution in [0.3, 0.4) is 0 Å². The second-order valence-electron chi connectivity index (χ2n) is 3.93. The summed E-state index contributed by atoms with van der Waals surface area (Å²) in [5.41, 5.74) is 1.21. The lowest BCUT2D eigenvalue weighted by atomic mass is 10.1. The molecule has 0 saturated heterocycles. The summed E-state index contributed by atoms with van der Waals surface area (Å²) in [6.45, 7) is 0.571. The third kappa shape index (κ3) is 4.20. The molecule has 0 aliphatic heterocycles. The van der Waals surface area contributed by atoms with Gasteiger partial charge < -0.3 is 5.32 Å². The SMILES string of the molecule is FC(F)(F)c1nnc(NCCCc2ccccc2)s1. The first-order chi connectivity index (χ1) is 9.05. The quantitative estimate of drug-likeness (QED) is 0.854. The van der Waals surface area contributed by atoms with Crippen LogP contribution in [0, 0.1) is 0 Å². The molecule has 0 radical (unpaired) electrons. The predicted molar refractivity (Wildman–Crippen MR) is 68.2 cm³/mol. The summed E-state index contributed by atoms with van der Waals surface area (Å²) in [7, 11) is 0. The molecule has 0 unspecified atom stereocenters. The van der Waals surface area contributed by atoms with Crippen molar-refractivity contribution in [1.82, 2.24) is 10.2 Å². The highest BCUT2D eigenvalue weighted by molar-refractivity contribution is 7.15. The van der Waals surface area contributed by atoms with Gasteiger partial charge in [-0.15, -0.1) is 10.2 Å². The highest BCUT2D eigenvalue weighted by Crippen LogP contribution is 2.32. The fourth-order valence-electron chi connectivity index (χ4n) is 1.54. The fourth-order valence-corrected chi connectivity index (χ4v) is 2.18. The van der Waals surface area contributed by atoms with Crippen molar-refractivity contribution in [2.24, 2.45) is 0 Å². The third-order valence-corrected chi connectivity index (χ3v) is 3.35. The topological polar surface area (TPSA) is 37.8 Å². The summed E-state index contributed by atoms with van der Waals surface area (Å²) in [5.74, 6) is 0. The van der Waals surface area contributed by atoms with Crippen LogP contribution in [0.1, 0.15) is 17.0 Å². The predicted octanol–water partition coefficient (Wildman–Crippen LogP) is 3.60. The Kier molecular flexibility index (Phi) is 4.36. The maximum atomic E-state index is 12.3. The number of nitrogens with one attached hydrogen (secondary N) is 1. The number of hydrogen-bond donors (Lipinski definition) is 1. The molecule has 1 N–H and O–H groups in total. The molecule has 3 nitrogen and oxygen atoms in total. The largest absolute Gasteiger partial charge is 0.445 e. The number of nitrogens with zero attached hydrogens (tertiary/aromatic N) is 2. The molecule has 2 aromatic rings. The maximum Gasteiger partial charge on any atom is 0.445 e. The van der Waals surface area contributed by atoms with E-state index < -0.39 is 11.2 Å². The van der Waals surface area contributed by atoms with Crippen LogP contribution in [0.2, 0.25) is 0 Å². The molecule has 1 aromatic heterocycles. The van der Waals surface area contributed by atoms with Crippen molar-refractivity contribution in [3.05, 3.63) is 40.9 Å². The van der Waals surface area contributed by atoms with E-state index in [0.29, 0.717) is 17.9 Å². The molecule has 0 spiro atoms. The lowest BCUT2D eigenvalue weighted by Gasteiger charge is -2.02. The minimum absolute atomic E-state index is 0.209. The molecule has 102 valence electrons. The Bertz CT molecular complexity index is 510. The zero-order chi connectivity index (χ0) is 13.7. The van der Waals surface area contributed by atoms with Crippen molar-refractivity contribution in [3.63, 3.8) is 0 Å². The van der Waals surface area contributed by atoms with Gasteiger partial charge in [0.05, 0.1) is 0 Å². The maximum absolute atomic E-state index is 12.3. The molecule has 7 heteroatoms. The van der Waals surface area contributed by atoms with Crippen molar-refractivity contribution in [2.75, 3.05) is 11.9 Å². The van der Waals surface area contributed by atoms with Crippen LogP contribution >= 0.6 is 11.3 Å². The van der Waals surface area contributed by atoms with Crippen molar-refractivity contribution >= 4 is 16.5 Å². The van der Waals surface area contributed by atoms with Crippen molar-refractivity contribution in [3.8, 4) is 0 Å². The van der Waals surface area contributed by atoms with Gasteiger partial charge in [-0.3, -0.25) is 0 Å². The van der Waals surface area contributed by atoms with Crippen molar-refractivity contribution in [2.45, 2.75) is 19.0 Å². The molecule has 1 heterocycles. The van der Waals surface area contributed by atoms with Gasteiger partial charge in [-0.05, 0) is 18.4 Å². The number of aromatic nitrogens is 2. The molecule has 0 aliphatic rings. The Morgan fingerprint density at radius 3 is 2.47 bits per heavy atom. The van der Waals surface area contributed by atoms with E-state index in [1.54, 1.807) is 0 Å². The zero-order valence-corrected chi connectivity index (χ0v) is 10.8. The summed E-state index contributed by atoms with van der Waals surface area (Å²) >= 11 is 0.528. The lowest BCUT2D eigenvalue weighted by molar-refractivity contribution is -0.138. The van der Waals surface area contributed by atoms with Gasteiger partial charge in [-0.1, -0.05) is 41.7 Å². The zero-order valence-electron chi connectivity index (χ0n) is 9.94. The number of halogens is 3. The molecule has 2 rings (SSSR count). The third-order valence-electron chi connectivity index (χ3n) is 2.43. The summed E-state index contributed by atoms with van der Waals surface area (Å²) < 4.78 is 36.9. The highest BCUT2D eigenvalue weighted by Gasteiger charge is 2.35. The van der Waals surface area contributed by atoms with Gasteiger partial charge in [0.2, 0.25) is 10.1 Å². The minimum atomic E-state index is -4.42. The Labute approximate surface area is 112 Å². The molecule has 0 saturated carbocycles. The van der Waals surface area contributed by atoms with Crippen LogP contribution in [0.25, 0.3) is 0 Å². The van der Waals surface area contributed by atoms with Crippen LogP contribution < -0.4 is 5.32 Å². The Balaban J connectivity index is 1.76. The minimum Gasteiger partial charge on any atom is -0.360 e. The number of aryl methyl sites for hydroxylation is 1. The molecule has 0 atom stereocenters.